The monoisotopic (exact) mass is 268 g/mol. The highest BCUT2D eigenvalue weighted by Crippen LogP contribution is 2.06. The van der Waals surface area contributed by atoms with Crippen LogP contribution in [0, 0.1) is 0 Å². The van der Waals surface area contributed by atoms with Gasteiger partial charge >= 0.3 is 5.97 Å². The highest BCUT2D eigenvalue weighted by Gasteiger charge is 2.25. The van der Waals surface area contributed by atoms with Crippen LogP contribution in [-0.2, 0) is 19.7 Å². The second-order valence-corrected chi connectivity index (χ2v) is 5.41. The summed E-state index contributed by atoms with van der Waals surface area (Å²) in [6.07, 6.45) is 0.00289. The Hall–Kier alpha value is -0.700. The molecule has 0 radical (unpaired) electrons. The van der Waals surface area contributed by atoms with Gasteiger partial charge in [-0.1, -0.05) is 6.92 Å². The average Bonchev–Trinajstić information content (AvgIpc) is 2.31. The van der Waals surface area contributed by atoms with Crippen molar-refractivity contribution in [2.45, 2.75) is 13.3 Å². The third-order valence-electron chi connectivity index (χ3n) is 2.28. The zero-order valence-corrected chi connectivity index (χ0v) is 11.2. The molecular weight excluding hydrogens is 248 g/mol. The molecule has 0 saturated heterocycles. The van der Waals surface area contributed by atoms with E-state index in [9.17, 15) is 13.2 Å². The van der Waals surface area contributed by atoms with Crippen molar-refractivity contribution in [1.82, 2.24) is 8.61 Å². The molecule has 0 unspecified atom stereocenters. The molecule has 7 nitrogen and oxygen atoms in total. The van der Waals surface area contributed by atoms with Crippen LogP contribution in [0.3, 0.4) is 0 Å². The van der Waals surface area contributed by atoms with Gasteiger partial charge < -0.3 is 9.84 Å². The van der Waals surface area contributed by atoms with Gasteiger partial charge in [-0.25, -0.2) is 0 Å². The molecule has 0 amide bonds. The summed E-state index contributed by atoms with van der Waals surface area (Å²) in [6, 6.07) is 0. The van der Waals surface area contributed by atoms with Crippen LogP contribution < -0.4 is 0 Å². The quantitative estimate of drug-likeness (QED) is 0.573. The van der Waals surface area contributed by atoms with E-state index in [2.05, 4.69) is 4.74 Å². The minimum Gasteiger partial charge on any atom is -0.469 e. The number of nitrogens with zero attached hydrogens (tertiary/aromatic N) is 2. The van der Waals surface area contributed by atoms with Gasteiger partial charge in [0.25, 0.3) is 10.2 Å². The number of esters is 1. The molecule has 0 aromatic rings. The summed E-state index contributed by atoms with van der Waals surface area (Å²) in [4.78, 5) is 10.9. The average molecular weight is 268 g/mol. The smallest absolute Gasteiger partial charge is 0.306 e. The topological polar surface area (TPSA) is 87.2 Å². The van der Waals surface area contributed by atoms with Crippen LogP contribution in [0.1, 0.15) is 13.3 Å². The molecule has 0 saturated carbocycles. The fourth-order valence-corrected chi connectivity index (χ4v) is 2.57. The van der Waals surface area contributed by atoms with Crippen molar-refractivity contribution in [2.24, 2.45) is 0 Å². The molecule has 0 fully saturated rings. The van der Waals surface area contributed by atoms with E-state index < -0.39 is 16.2 Å². The number of likely N-dealkylation sites (N-methyl/N-ethyl adjacent to an activating group) is 1. The van der Waals surface area contributed by atoms with Crippen molar-refractivity contribution in [3.63, 3.8) is 0 Å². The van der Waals surface area contributed by atoms with E-state index >= 15 is 0 Å². The summed E-state index contributed by atoms with van der Waals surface area (Å²) >= 11 is 0. The Balaban J connectivity index is 4.52. The molecule has 17 heavy (non-hydrogen) atoms. The summed E-state index contributed by atoms with van der Waals surface area (Å²) < 4.78 is 30.5. The standard InChI is InChI=1S/C9H20N2O5S/c1-4-11(7-8-12)17(14,15)10(2)6-5-9(13)16-3/h12H,4-8H2,1-3H3. The van der Waals surface area contributed by atoms with Crippen LogP contribution in [0.25, 0.3) is 0 Å². The lowest BCUT2D eigenvalue weighted by Crippen LogP contribution is -2.43. The third-order valence-corrected chi connectivity index (χ3v) is 4.34. The maximum absolute atomic E-state index is 11.9. The molecule has 0 aromatic heterocycles. The molecule has 0 bridgehead atoms. The number of ether oxygens (including phenoxy) is 1. The first-order valence-electron chi connectivity index (χ1n) is 5.29. The van der Waals surface area contributed by atoms with E-state index in [-0.39, 0.29) is 32.7 Å². The third kappa shape index (κ3) is 4.99. The highest BCUT2D eigenvalue weighted by molar-refractivity contribution is 7.86. The Labute approximate surface area is 102 Å². The number of hydrogen-bond acceptors (Lipinski definition) is 5. The molecule has 1 N–H and O–H groups in total. The van der Waals surface area contributed by atoms with E-state index in [0.717, 1.165) is 8.61 Å². The predicted octanol–water partition coefficient (Wildman–Crippen LogP) is -0.960. The minimum atomic E-state index is -3.62. The van der Waals surface area contributed by atoms with Crippen LogP contribution >= 0.6 is 0 Å². The summed E-state index contributed by atoms with van der Waals surface area (Å²) in [7, 11) is -0.980. The lowest BCUT2D eigenvalue weighted by Gasteiger charge is -2.25. The molecule has 0 aliphatic rings. The molecule has 0 aromatic carbocycles. The normalized spacial score (nSPS) is 12.1. The molecule has 0 rings (SSSR count). The Morgan fingerprint density at radius 1 is 1.35 bits per heavy atom. The number of rotatable bonds is 8. The number of aliphatic hydroxyl groups is 1. The Morgan fingerprint density at radius 3 is 2.35 bits per heavy atom. The minimum absolute atomic E-state index is 0.00289. The number of hydrogen-bond donors (Lipinski definition) is 1. The summed E-state index contributed by atoms with van der Waals surface area (Å²) in [5.74, 6) is -0.461. The lowest BCUT2D eigenvalue weighted by atomic mass is 10.4. The van der Waals surface area contributed by atoms with Crippen LogP contribution in [0.15, 0.2) is 0 Å². The van der Waals surface area contributed by atoms with Gasteiger partial charge in [0.2, 0.25) is 0 Å². The molecule has 102 valence electrons. The second kappa shape index (κ2) is 7.59. The summed E-state index contributed by atoms with van der Waals surface area (Å²) in [5, 5.41) is 8.77. The maximum atomic E-state index is 11.9. The second-order valence-electron chi connectivity index (χ2n) is 3.37. The van der Waals surface area contributed by atoms with Crippen molar-refractivity contribution in [3.05, 3.63) is 0 Å². The van der Waals surface area contributed by atoms with Crippen molar-refractivity contribution < 1.29 is 23.1 Å². The molecule has 0 atom stereocenters. The van der Waals surface area contributed by atoms with Crippen molar-refractivity contribution in [2.75, 3.05) is 40.4 Å². The van der Waals surface area contributed by atoms with Gasteiger partial charge in [-0.3, -0.25) is 4.79 Å². The molecule has 0 heterocycles. The SMILES string of the molecule is CCN(CCO)S(=O)(=O)N(C)CCC(=O)OC. The number of aliphatic hydroxyl groups excluding tert-OH is 1. The predicted molar refractivity (Wildman–Crippen MR) is 62.5 cm³/mol. The number of carbonyl (C=O) groups is 1. The highest BCUT2D eigenvalue weighted by atomic mass is 32.2. The van der Waals surface area contributed by atoms with E-state index in [0.29, 0.717) is 0 Å². The molecule has 0 spiro atoms. The molecular formula is C9H20N2O5S. The molecule has 8 heteroatoms. The van der Waals surface area contributed by atoms with Gasteiger partial charge in [0.05, 0.1) is 20.1 Å². The zero-order valence-electron chi connectivity index (χ0n) is 10.4. The van der Waals surface area contributed by atoms with Crippen LogP contribution in [0.2, 0.25) is 0 Å². The number of methoxy groups -OCH3 is 1. The Bertz CT molecular complexity index is 330. The van der Waals surface area contributed by atoms with E-state index in [4.69, 9.17) is 5.11 Å². The van der Waals surface area contributed by atoms with Gasteiger partial charge in [-0.2, -0.15) is 17.0 Å². The first kappa shape index (κ1) is 16.3. The van der Waals surface area contributed by atoms with Crippen LogP contribution in [0.4, 0.5) is 0 Å². The zero-order chi connectivity index (χ0) is 13.5. The van der Waals surface area contributed by atoms with E-state index in [1.54, 1.807) is 6.92 Å². The van der Waals surface area contributed by atoms with Crippen LogP contribution in [-0.4, -0.2) is 68.5 Å². The number of carbonyl (C=O) groups excluding carboxylic acids is 1. The molecule has 0 aliphatic heterocycles. The summed E-state index contributed by atoms with van der Waals surface area (Å²) in [6.45, 7) is 1.81. The first-order chi connectivity index (χ1) is 7.89. The lowest BCUT2D eigenvalue weighted by molar-refractivity contribution is -0.140. The van der Waals surface area contributed by atoms with Gasteiger partial charge in [0.15, 0.2) is 0 Å². The Kier molecular flexibility index (Phi) is 7.28. The molecule has 0 aliphatic carbocycles. The van der Waals surface area contributed by atoms with Gasteiger partial charge in [-0.05, 0) is 0 Å². The van der Waals surface area contributed by atoms with Crippen molar-refractivity contribution in [1.29, 1.82) is 0 Å². The van der Waals surface area contributed by atoms with Gasteiger partial charge in [-0.15, -0.1) is 0 Å². The Morgan fingerprint density at radius 2 is 1.94 bits per heavy atom. The van der Waals surface area contributed by atoms with E-state index in [1.165, 1.54) is 14.2 Å². The van der Waals surface area contributed by atoms with Crippen molar-refractivity contribution >= 4 is 16.2 Å². The van der Waals surface area contributed by atoms with Gasteiger partial charge in [0, 0.05) is 26.7 Å². The van der Waals surface area contributed by atoms with Gasteiger partial charge in [0.1, 0.15) is 0 Å². The fourth-order valence-electron chi connectivity index (χ4n) is 1.21. The maximum Gasteiger partial charge on any atom is 0.306 e. The largest absolute Gasteiger partial charge is 0.469 e. The fraction of sp³-hybridized carbons (Fsp3) is 0.889. The summed E-state index contributed by atoms with van der Waals surface area (Å²) in [5.41, 5.74) is 0. The van der Waals surface area contributed by atoms with E-state index in [1.807, 2.05) is 0 Å². The van der Waals surface area contributed by atoms with Crippen LogP contribution in [0.5, 0.6) is 0 Å². The van der Waals surface area contributed by atoms with Crippen molar-refractivity contribution in [3.8, 4) is 0 Å². The first-order valence-corrected chi connectivity index (χ1v) is 6.68.